The quantitative estimate of drug-likeness (QED) is 0.627. The summed E-state index contributed by atoms with van der Waals surface area (Å²) in [6.45, 7) is 15.3. The monoisotopic (exact) mass is 311 g/mol. The van der Waals surface area contributed by atoms with Crippen molar-refractivity contribution in [2.24, 2.45) is 0 Å². The first kappa shape index (κ1) is 17.8. The number of rotatable bonds is 2. The Morgan fingerprint density at radius 2 is 1.50 bits per heavy atom. The van der Waals surface area contributed by atoms with Crippen molar-refractivity contribution in [2.75, 3.05) is 13.1 Å². The van der Waals surface area contributed by atoms with E-state index in [1.165, 1.54) is 0 Å². The Morgan fingerprint density at radius 1 is 1.05 bits per heavy atom. The lowest BCUT2D eigenvalue weighted by Gasteiger charge is -2.38. The molecule has 6 heteroatoms. The third-order valence-corrected chi connectivity index (χ3v) is 5.01. The molecule has 0 amide bonds. The lowest BCUT2D eigenvalue weighted by atomic mass is 9.52. The van der Waals surface area contributed by atoms with Gasteiger partial charge in [0.05, 0.1) is 11.2 Å². The van der Waals surface area contributed by atoms with Gasteiger partial charge in [0.1, 0.15) is 10.9 Å². The fourth-order valence-electron chi connectivity index (χ4n) is 2.86. The molecule has 0 radical (unpaired) electrons. The molecule has 2 aliphatic heterocycles. The molecule has 5 nitrogen and oxygen atoms in total. The van der Waals surface area contributed by atoms with Crippen LogP contribution in [0.25, 0.3) is 0 Å². The zero-order valence-corrected chi connectivity index (χ0v) is 15.0. The molecule has 0 aliphatic carbocycles. The van der Waals surface area contributed by atoms with Gasteiger partial charge in [-0.05, 0) is 74.4 Å². The van der Waals surface area contributed by atoms with Crippen LogP contribution in [0.2, 0.25) is 5.31 Å². The molecule has 2 fully saturated rings. The molecule has 2 aliphatic rings. The standard InChI is InChI=1S/C16H30BNO4/c1-13(2,3)20-12(19)16(8-10-18-11-9-16)17-21-14(4,5)15(6,7)22-17/h18H,8-11H2,1-7H3. The highest BCUT2D eigenvalue weighted by molar-refractivity contribution is 6.55. The van der Waals surface area contributed by atoms with Gasteiger partial charge in [-0.25, -0.2) is 0 Å². The maximum atomic E-state index is 12.9. The molecule has 0 bridgehead atoms. The molecule has 0 atom stereocenters. The zero-order valence-electron chi connectivity index (χ0n) is 15.0. The second kappa shape index (κ2) is 5.50. The van der Waals surface area contributed by atoms with Gasteiger partial charge in [0.2, 0.25) is 0 Å². The van der Waals surface area contributed by atoms with Crippen LogP contribution in [0.1, 0.15) is 61.3 Å². The second-order valence-corrected chi connectivity index (χ2v) is 8.50. The molecular formula is C16H30BNO4. The summed E-state index contributed by atoms with van der Waals surface area (Å²) >= 11 is 0. The summed E-state index contributed by atoms with van der Waals surface area (Å²) in [4.78, 5) is 12.9. The average molecular weight is 311 g/mol. The Morgan fingerprint density at radius 3 is 1.91 bits per heavy atom. The Kier molecular flexibility index (Phi) is 4.44. The molecule has 2 heterocycles. The van der Waals surface area contributed by atoms with Gasteiger partial charge in [-0.1, -0.05) is 0 Å². The van der Waals surface area contributed by atoms with Crippen molar-refractivity contribution in [3.05, 3.63) is 0 Å². The minimum atomic E-state index is -0.733. The van der Waals surface area contributed by atoms with E-state index in [4.69, 9.17) is 14.0 Å². The number of carbonyl (C=O) groups is 1. The Labute approximate surface area is 134 Å². The lowest BCUT2D eigenvalue weighted by molar-refractivity contribution is -0.160. The summed E-state index contributed by atoms with van der Waals surface area (Å²) < 4.78 is 18.1. The van der Waals surface area contributed by atoms with Gasteiger partial charge in [-0.3, -0.25) is 4.79 Å². The maximum absolute atomic E-state index is 12.9. The predicted octanol–water partition coefficient (Wildman–Crippen LogP) is 2.54. The average Bonchev–Trinajstić information content (AvgIpc) is 2.57. The molecule has 0 saturated carbocycles. The Hall–Kier alpha value is -0.585. The summed E-state index contributed by atoms with van der Waals surface area (Å²) in [5, 5.41) is 2.57. The smallest absolute Gasteiger partial charge is 0.460 e. The van der Waals surface area contributed by atoms with Crippen LogP contribution in [0.4, 0.5) is 0 Å². The van der Waals surface area contributed by atoms with Crippen molar-refractivity contribution in [1.29, 1.82) is 0 Å². The number of carbonyl (C=O) groups excluding carboxylic acids is 1. The number of esters is 1. The van der Waals surface area contributed by atoms with E-state index in [-0.39, 0.29) is 5.97 Å². The van der Waals surface area contributed by atoms with Crippen LogP contribution in [-0.2, 0) is 18.8 Å². The molecule has 0 aromatic carbocycles. The molecule has 0 aromatic rings. The van der Waals surface area contributed by atoms with Crippen LogP contribution in [0.5, 0.6) is 0 Å². The SMILES string of the molecule is CC(C)(C)OC(=O)C1(B2OC(C)(C)C(C)(C)O2)CCNCC1. The largest absolute Gasteiger partial charge is 0.476 e. The molecule has 0 spiro atoms. The van der Waals surface area contributed by atoms with E-state index in [2.05, 4.69) is 5.32 Å². The van der Waals surface area contributed by atoms with Crippen LogP contribution in [-0.4, -0.2) is 43.0 Å². The molecule has 1 N–H and O–H groups in total. The second-order valence-electron chi connectivity index (χ2n) is 8.50. The first-order valence-electron chi connectivity index (χ1n) is 8.19. The van der Waals surface area contributed by atoms with Gasteiger partial charge < -0.3 is 19.4 Å². The molecule has 2 rings (SSSR count). The third-order valence-electron chi connectivity index (χ3n) is 5.01. The van der Waals surface area contributed by atoms with E-state index < -0.39 is 29.2 Å². The van der Waals surface area contributed by atoms with Crippen LogP contribution < -0.4 is 5.32 Å². The highest BCUT2D eigenvalue weighted by Crippen LogP contribution is 2.50. The summed E-state index contributed by atoms with van der Waals surface area (Å²) in [5.74, 6) is -0.208. The number of hydrogen-bond acceptors (Lipinski definition) is 5. The van der Waals surface area contributed by atoms with E-state index in [0.29, 0.717) is 12.8 Å². The molecular weight excluding hydrogens is 281 g/mol. The van der Waals surface area contributed by atoms with E-state index in [1.54, 1.807) is 0 Å². The van der Waals surface area contributed by atoms with Crippen LogP contribution in [0.3, 0.4) is 0 Å². The minimum absolute atomic E-state index is 0.208. The van der Waals surface area contributed by atoms with Gasteiger partial charge in [0.25, 0.3) is 0 Å². The Balaban J connectivity index is 2.29. The maximum Gasteiger partial charge on any atom is 0.476 e. The molecule has 2 saturated heterocycles. The van der Waals surface area contributed by atoms with Gasteiger partial charge in [-0.2, -0.15) is 0 Å². The van der Waals surface area contributed by atoms with Crippen LogP contribution in [0.15, 0.2) is 0 Å². The van der Waals surface area contributed by atoms with E-state index >= 15 is 0 Å². The zero-order chi connectivity index (χ0) is 16.8. The first-order chi connectivity index (χ1) is 9.90. The van der Waals surface area contributed by atoms with E-state index in [9.17, 15) is 4.79 Å². The summed E-state index contributed by atoms with van der Waals surface area (Å²) in [6.07, 6.45) is 1.33. The number of piperidine rings is 1. The van der Waals surface area contributed by atoms with Crippen molar-refractivity contribution in [3.8, 4) is 0 Å². The van der Waals surface area contributed by atoms with Gasteiger partial charge in [0, 0.05) is 0 Å². The lowest BCUT2D eigenvalue weighted by Crippen LogP contribution is -2.50. The van der Waals surface area contributed by atoms with Gasteiger partial charge >= 0.3 is 13.1 Å². The van der Waals surface area contributed by atoms with Crippen LogP contribution >= 0.6 is 0 Å². The van der Waals surface area contributed by atoms with Crippen molar-refractivity contribution in [2.45, 2.75) is 83.4 Å². The fraction of sp³-hybridized carbons (Fsp3) is 0.938. The Bertz CT molecular complexity index is 420. The minimum Gasteiger partial charge on any atom is -0.460 e. The topological polar surface area (TPSA) is 56.8 Å². The van der Waals surface area contributed by atoms with Crippen molar-refractivity contribution in [3.63, 3.8) is 0 Å². The van der Waals surface area contributed by atoms with Gasteiger partial charge in [0.15, 0.2) is 0 Å². The predicted molar refractivity (Wildman–Crippen MR) is 86.7 cm³/mol. The summed E-state index contributed by atoms with van der Waals surface area (Å²) in [5.41, 5.74) is -1.41. The number of hydrogen-bond donors (Lipinski definition) is 1. The van der Waals surface area contributed by atoms with E-state index in [1.807, 2.05) is 48.5 Å². The molecule has 0 unspecified atom stereocenters. The number of ether oxygens (including phenoxy) is 1. The molecule has 0 aromatic heterocycles. The van der Waals surface area contributed by atoms with Crippen molar-refractivity contribution >= 4 is 13.1 Å². The third kappa shape index (κ3) is 3.19. The fourth-order valence-corrected chi connectivity index (χ4v) is 2.86. The molecule has 126 valence electrons. The summed E-state index contributed by atoms with van der Waals surface area (Å²) in [6, 6.07) is 0. The molecule has 22 heavy (non-hydrogen) atoms. The highest BCUT2D eigenvalue weighted by atomic mass is 16.7. The number of nitrogens with one attached hydrogen (secondary N) is 1. The normalized spacial score (nSPS) is 26.8. The van der Waals surface area contributed by atoms with Crippen LogP contribution in [0, 0.1) is 0 Å². The highest BCUT2D eigenvalue weighted by Gasteiger charge is 2.63. The van der Waals surface area contributed by atoms with Crippen molar-refractivity contribution < 1.29 is 18.8 Å². The summed E-state index contributed by atoms with van der Waals surface area (Å²) in [7, 11) is -0.561. The van der Waals surface area contributed by atoms with Crippen molar-refractivity contribution in [1.82, 2.24) is 5.32 Å². The van der Waals surface area contributed by atoms with E-state index in [0.717, 1.165) is 13.1 Å². The van der Waals surface area contributed by atoms with Gasteiger partial charge in [-0.15, -0.1) is 0 Å². The first-order valence-corrected chi connectivity index (χ1v) is 8.19.